The second kappa shape index (κ2) is 9.71. The Morgan fingerprint density at radius 2 is 2.03 bits per heavy atom. The Hall–Kier alpha value is -2.64. The van der Waals surface area contributed by atoms with Gasteiger partial charge < -0.3 is 14.8 Å². The maximum Gasteiger partial charge on any atom is 0.306 e. The average molecular weight is 433 g/mol. The van der Waals surface area contributed by atoms with Gasteiger partial charge in [0.2, 0.25) is 0 Å². The summed E-state index contributed by atoms with van der Waals surface area (Å²) >= 11 is 7.58. The highest BCUT2D eigenvalue weighted by molar-refractivity contribution is 7.18. The zero-order valence-corrected chi connectivity index (χ0v) is 17.7. The number of hydrogen-bond acceptors (Lipinski definition) is 6. The quantitative estimate of drug-likeness (QED) is 0.515. The van der Waals surface area contributed by atoms with Gasteiger partial charge >= 0.3 is 5.97 Å². The lowest BCUT2D eigenvalue weighted by molar-refractivity contribution is -0.153. The van der Waals surface area contributed by atoms with Crippen LogP contribution in [0, 0.1) is 0 Å². The number of halogens is 1. The second-order valence-corrected chi connectivity index (χ2v) is 7.95. The first-order valence-electron chi connectivity index (χ1n) is 9.14. The Labute approximate surface area is 177 Å². The normalized spacial score (nSPS) is 11.8. The van der Waals surface area contributed by atoms with Crippen LogP contribution in [0.5, 0.6) is 5.75 Å². The molecule has 3 rings (SSSR count). The number of benzene rings is 2. The van der Waals surface area contributed by atoms with E-state index in [4.69, 9.17) is 21.1 Å². The molecule has 0 saturated heterocycles. The van der Waals surface area contributed by atoms with Crippen molar-refractivity contribution in [3.8, 4) is 5.75 Å². The number of carbonyl (C=O) groups is 2. The van der Waals surface area contributed by atoms with Crippen LogP contribution in [0.15, 0.2) is 42.5 Å². The van der Waals surface area contributed by atoms with Crippen molar-refractivity contribution < 1.29 is 19.1 Å². The topological polar surface area (TPSA) is 77.5 Å². The molecule has 0 aliphatic carbocycles. The van der Waals surface area contributed by atoms with Gasteiger partial charge in [0.1, 0.15) is 5.75 Å². The van der Waals surface area contributed by atoms with Gasteiger partial charge in [-0.2, -0.15) is 0 Å². The van der Waals surface area contributed by atoms with E-state index in [1.165, 1.54) is 14.0 Å². The van der Waals surface area contributed by atoms with E-state index < -0.39 is 18.0 Å². The molecule has 1 N–H and O–H groups in total. The van der Waals surface area contributed by atoms with E-state index in [2.05, 4.69) is 10.3 Å². The number of nitrogens with zero attached hydrogens (tertiary/aromatic N) is 1. The summed E-state index contributed by atoms with van der Waals surface area (Å²) in [5.74, 6) is -0.408. The summed E-state index contributed by atoms with van der Waals surface area (Å²) in [6.07, 6.45) is 0.575. The number of nitrogens with one attached hydrogen (secondary N) is 1. The molecule has 0 spiro atoms. The van der Waals surface area contributed by atoms with E-state index in [1.807, 2.05) is 24.3 Å². The Morgan fingerprint density at radius 3 is 2.79 bits per heavy atom. The molecule has 1 unspecified atom stereocenters. The maximum absolute atomic E-state index is 12.3. The summed E-state index contributed by atoms with van der Waals surface area (Å²) in [7, 11) is 1.49. The number of para-hydroxylation sites is 1. The SMILES string of the molecule is COc1ccc(Cl)cc1NC(=O)C(C)OC(=O)CCCc1nc2ccccc2s1. The highest BCUT2D eigenvalue weighted by Gasteiger charge is 2.19. The fraction of sp³-hybridized carbons (Fsp3) is 0.286. The molecule has 1 heterocycles. The minimum atomic E-state index is -0.936. The highest BCUT2D eigenvalue weighted by Crippen LogP contribution is 2.28. The molecule has 1 amide bonds. The van der Waals surface area contributed by atoms with Crippen molar-refractivity contribution >= 4 is 50.7 Å². The van der Waals surface area contributed by atoms with E-state index in [0.29, 0.717) is 29.3 Å². The lowest BCUT2D eigenvalue weighted by Crippen LogP contribution is -2.30. The lowest BCUT2D eigenvalue weighted by Gasteiger charge is -2.15. The molecule has 3 aromatic rings. The van der Waals surface area contributed by atoms with E-state index in [9.17, 15) is 9.59 Å². The number of hydrogen-bond donors (Lipinski definition) is 1. The third-order valence-corrected chi connectivity index (χ3v) is 5.54. The number of ether oxygens (including phenoxy) is 2. The van der Waals surface area contributed by atoms with Gasteiger partial charge in [0.15, 0.2) is 6.10 Å². The monoisotopic (exact) mass is 432 g/mol. The molecule has 152 valence electrons. The molecule has 0 fully saturated rings. The van der Waals surface area contributed by atoms with Gasteiger partial charge in [0.25, 0.3) is 5.91 Å². The summed E-state index contributed by atoms with van der Waals surface area (Å²) < 4.78 is 11.6. The molecule has 0 saturated carbocycles. The van der Waals surface area contributed by atoms with Gasteiger partial charge in [-0.1, -0.05) is 23.7 Å². The largest absolute Gasteiger partial charge is 0.495 e. The summed E-state index contributed by atoms with van der Waals surface area (Å²) in [5, 5.41) is 4.11. The number of rotatable bonds is 8. The predicted octanol–water partition coefficient (Wildman–Crippen LogP) is 4.85. The zero-order valence-electron chi connectivity index (χ0n) is 16.1. The number of aromatic nitrogens is 1. The molecule has 0 radical (unpaired) electrons. The lowest BCUT2D eigenvalue weighted by atomic mass is 10.2. The minimum absolute atomic E-state index is 0.216. The second-order valence-electron chi connectivity index (χ2n) is 6.39. The number of anilines is 1. The van der Waals surface area contributed by atoms with Gasteiger partial charge in [-0.15, -0.1) is 11.3 Å². The van der Waals surface area contributed by atoms with Crippen molar-refractivity contribution in [3.63, 3.8) is 0 Å². The standard InChI is InChI=1S/C21H21ClN2O4S/c1-13(21(26)24-16-12-14(22)10-11-17(16)27-2)28-20(25)9-5-8-19-23-15-6-3-4-7-18(15)29-19/h3-4,6-7,10-13H,5,8-9H2,1-2H3,(H,24,26). The Balaban J connectivity index is 1.47. The fourth-order valence-electron chi connectivity index (χ4n) is 2.73. The van der Waals surface area contributed by atoms with Gasteiger partial charge in [0.05, 0.1) is 28.0 Å². The number of aryl methyl sites for hydroxylation is 1. The molecule has 29 heavy (non-hydrogen) atoms. The third-order valence-electron chi connectivity index (χ3n) is 4.21. The average Bonchev–Trinajstić information content (AvgIpc) is 3.10. The van der Waals surface area contributed by atoms with Crippen molar-refractivity contribution in [1.29, 1.82) is 0 Å². The van der Waals surface area contributed by atoms with Crippen molar-refractivity contribution in [1.82, 2.24) is 4.98 Å². The predicted molar refractivity (Wildman–Crippen MR) is 115 cm³/mol. The smallest absolute Gasteiger partial charge is 0.306 e. The molecule has 2 aromatic carbocycles. The number of fused-ring (bicyclic) bond motifs is 1. The minimum Gasteiger partial charge on any atom is -0.495 e. The Morgan fingerprint density at radius 1 is 1.24 bits per heavy atom. The fourth-order valence-corrected chi connectivity index (χ4v) is 3.91. The molecule has 0 bridgehead atoms. The van der Waals surface area contributed by atoms with Crippen LogP contribution < -0.4 is 10.1 Å². The van der Waals surface area contributed by atoms with Crippen LogP contribution in [0.3, 0.4) is 0 Å². The summed E-state index contributed by atoms with van der Waals surface area (Å²) in [6, 6.07) is 12.8. The molecular formula is C21H21ClN2O4S. The van der Waals surface area contributed by atoms with E-state index in [1.54, 1.807) is 29.5 Å². The molecule has 0 aliphatic heterocycles. The molecular weight excluding hydrogens is 412 g/mol. The van der Waals surface area contributed by atoms with E-state index in [0.717, 1.165) is 15.2 Å². The van der Waals surface area contributed by atoms with Gasteiger partial charge in [-0.05, 0) is 50.1 Å². The van der Waals surface area contributed by atoms with E-state index >= 15 is 0 Å². The van der Waals surface area contributed by atoms with Gasteiger partial charge in [-0.3, -0.25) is 9.59 Å². The first kappa shape index (κ1) is 21.1. The highest BCUT2D eigenvalue weighted by atomic mass is 35.5. The number of amides is 1. The molecule has 8 heteroatoms. The summed E-state index contributed by atoms with van der Waals surface area (Å²) in [5.41, 5.74) is 1.39. The Bertz CT molecular complexity index is 988. The molecule has 0 aliphatic rings. The summed E-state index contributed by atoms with van der Waals surface area (Å²) in [4.78, 5) is 29.0. The van der Waals surface area contributed by atoms with Gasteiger partial charge in [0, 0.05) is 11.4 Å². The van der Waals surface area contributed by atoms with Crippen molar-refractivity contribution in [2.24, 2.45) is 0 Å². The molecule has 1 aromatic heterocycles. The number of esters is 1. The number of methoxy groups -OCH3 is 1. The van der Waals surface area contributed by atoms with Crippen LogP contribution in [0.4, 0.5) is 5.69 Å². The molecule has 1 atom stereocenters. The van der Waals surface area contributed by atoms with Crippen molar-refractivity contribution in [3.05, 3.63) is 52.5 Å². The van der Waals surface area contributed by atoms with Crippen molar-refractivity contribution in [2.45, 2.75) is 32.3 Å². The number of carbonyl (C=O) groups excluding carboxylic acids is 2. The number of thiazole rings is 1. The van der Waals surface area contributed by atoms with Crippen LogP contribution in [0.25, 0.3) is 10.2 Å². The zero-order chi connectivity index (χ0) is 20.8. The van der Waals surface area contributed by atoms with Crippen molar-refractivity contribution in [2.75, 3.05) is 12.4 Å². The van der Waals surface area contributed by atoms with Crippen LogP contribution in [-0.4, -0.2) is 30.1 Å². The third kappa shape index (κ3) is 5.68. The van der Waals surface area contributed by atoms with Crippen LogP contribution in [0.1, 0.15) is 24.8 Å². The first-order chi connectivity index (χ1) is 14.0. The van der Waals surface area contributed by atoms with Gasteiger partial charge in [-0.25, -0.2) is 4.98 Å². The Kier molecular flexibility index (Phi) is 7.06. The van der Waals surface area contributed by atoms with Crippen LogP contribution in [0.2, 0.25) is 5.02 Å². The first-order valence-corrected chi connectivity index (χ1v) is 10.3. The van der Waals surface area contributed by atoms with E-state index in [-0.39, 0.29) is 6.42 Å². The summed E-state index contributed by atoms with van der Waals surface area (Å²) in [6.45, 7) is 1.53. The maximum atomic E-state index is 12.3. The molecule has 6 nitrogen and oxygen atoms in total. The van der Waals surface area contributed by atoms with Crippen LogP contribution >= 0.6 is 22.9 Å². The van der Waals surface area contributed by atoms with Crippen LogP contribution in [-0.2, 0) is 20.7 Å².